The lowest BCUT2D eigenvalue weighted by Gasteiger charge is -2.20. The zero-order chi connectivity index (χ0) is 14.9. The molecule has 4 heteroatoms. The molecule has 1 aliphatic heterocycles. The van der Waals surface area contributed by atoms with Crippen molar-refractivity contribution in [2.45, 2.75) is 38.6 Å². The highest BCUT2D eigenvalue weighted by Crippen LogP contribution is 2.21. The number of nitrogens with one attached hydrogen (secondary N) is 1. The summed E-state index contributed by atoms with van der Waals surface area (Å²) >= 11 is 0. The van der Waals surface area contributed by atoms with E-state index in [4.69, 9.17) is 10.00 Å². The van der Waals surface area contributed by atoms with Crippen molar-refractivity contribution in [1.82, 2.24) is 4.90 Å². The summed E-state index contributed by atoms with van der Waals surface area (Å²) in [6, 6.07) is 10.4. The Morgan fingerprint density at radius 2 is 2.29 bits per heavy atom. The van der Waals surface area contributed by atoms with Gasteiger partial charge in [0.2, 0.25) is 0 Å². The fraction of sp³-hybridized carbons (Fsp3) is 0.588. The zero-order valence-electron chi connectivity index (χ0n) is 12.8. The van der Waals surface area contributed by atoms with Gasteiger partial charge in [0.25, 0.3) is 0 Å². The maximum Gasteiger partial charge on any atom is 0.174 e. The van der Waals surface area contributed by atoms with Crippen LogP contribution in [0, 0.1) is 11.3 Å². The van der Waals surface area contributed by atoms with E-state index in [1.807, 2.05) is 24.3 Å². The van der Waals surface area contributed by atoms with Gasteiger partial charge < -0.3 is 15.0 Å². The minimum Gasteiger partial charge on any atom is -0.479 e. The van der Waals surface area contributed by atoms with Gasteiger partial charge in [-0.3, -0.25) is 0 Å². The maximum absolute atomic E-state index is 8.56. The third-order valence-electron chi connectivity index (χ3n) is 3.87. The first-order valence-electron chi connectivity index (χ1n) is 7.90. The van der Waals surface area contributed by atoms with Gasteiger partial charge >= 0.3 is 0 Å². The molecule has 1 aromatic rings. The SMILES string of the molecule is CCCN1CCCC(Nc2cccc(OCC#N)c2)CC1. The van der Waals surface area contributed by atoms with Crippen LogP contribution < -0.4 is 10.1 Å². The van der Waals surface area contributed by atoms with E-state index >= 15 is 0 Å². The standard InChI is InChI=1S/C17H25N3O/c1-2-10-20-11-4-6-15(8-12-20)19-16-5-3-7-17(14-16)21-13-9-18/h3,5,7,14-15,19H,2,4,6,8,10-13H2,1H3. The predicted octanol–water partition coefficient (Wildman–Crippen LogP) is 3.27. The third-order valence-corrected chi connectivity index (χ3v) is 3.87. The first-order valence-corrected chi connectivity index (χ1v) is 7.90. The molecule has 1 fully saturated rings. The molecule has 2 rings (SSSR count). The minimum atomic E-state index is 0.0961. The average Bonchev–Trinajstić information content (AvgIpc) is 2.72. The molecule has 1 atom stereocenters. The average molecular weight is 287 g/mol. The summed E-state index contributed by atoms with van der Waals surface area (Å²) in [4.78, 5) is 2.56. The Hall–Kier alpha value is -1.73. The van der Waals surface area contributed by atoms with Gasteiger partial charge in [-0.2, -0.15) is 5.26 Å². The Kier molecular flexibility index (Phi) is 6.36. The van der Waals surface area contributed by atoms with Crippen LogP contribution in [0.1, 0.15) is 32.6 Å². The summed E-state index contributed by atoms with van der Waals surface area (Å²) in [7, 11) is 0. The van der Waals surface area contributed by atoms with E-state index in [0.29, 0.717) is 6.04 Å². The second kappa shape index (κ2) is 8.53. The van der Waals surface area contributed by atoms with Crippen LogP contribution in [0.4, 0.5) is 5.69 Å². The first kappa shape index (κ1) is 15.7. The smallest absolute Gasteiger partial charge is 0.174 e. The first-order chi connectivity index (χ1) is 10.3. The van der Waals surface area contributed by atoms with Gasteiger partial charge in [-0.1, -0.05) is 13.0 Å². The molecule has 0 saturated carbocycles. The molecular weight excluding hydrogens is 262 g/mol. The van der Waals surface area contributed by atoms with Gasteiger partial charge in [-0.05, 0) is 50.9 Å². The highest BCUT2D eigenvalue weighted by Gasteiger charge is 2.16. The second-order valence-corrected chi connectivity index (χ2v) is 5.59. The van der Waals surface area contributed by atoms with Crippen LogP contribution in [0.25, 0.3) is 0 Å². The topological polar surface area (TPSA) is 48.3 Å². The number of hydrogen-bond donors (Lipinski definition) is 1. The summed E-state index contributed by atoms with van der Waals surface area (Å²) in [5.41, 5.74) is 1.08. The Morgan fingerprint density at radius 1 is 1.38 bits per heavy atom. The van der Waals surface area contributed by atoms with Crippen LogP contribution in [-0.4, -0.2) is 37.2 Å². The molecule has 0 aliphatic carbocycles. The Balaban J connectivity index is 1.88. The molecule has 4 nitrogen and oxygen atoms in total. The van der Waals surface area contributed by atoms with E-state index in [1.165, 1.54) is 45.3 Å². The van der Waals surface area contributed by atoms with Crippen molar-refractivity contribution < 1.29 is 4.74 Å². The normalized spacial score (nSPS) is 19.5. The van der Waals surface area contributed by atoms with Crippen molar-refractivity contribution in [2.24, 2.45) is 0 Å². The van der Waals surface area contributed by atoms with E-state index in [0.717, 1.165) is 11.4 Å². The number of nitriles is 1. The predicted molar refractivity (Wildman–Crippen MR) is 85.5 cm³/mol. The fourth-order valence-corrected chi connectivity index (χ4v) is 2.87. The number of nitrogens with zero attached hydrogens (tertiary/aromatic N) is 2. The van der Waals surface area contributed by atoms with E-state index in [1.54, 1.807) is 0 Å². The van der Waals surface area contributed by atoms with Crippen molar-refractivity contribution in [2.75, 3.05) is 31.6 Å². The summed E-state index contributed by atoms with van der Waals surface area (Å²) in [6.07, 6.45) is 4.88. The van der Waals surface area contributed by atoms with Crippen LogP contribution in [-0.2, 0) is 0 Å². The van der Waals surface area contributed by atoms with Crippen molar-refractivity contribution in [1.29, 1.82) is 5.26 Å². The van der Waals surface area contributed by atoms with Crippen LogP contribution in [0.2, 0.25) is 0 Å². The van der Waals surface area contributed by atoms with Gasteiger partial charge in [0.05, 0.1) is 0 Å². The van der Waals surface area contributed by atoms with Gasteiger partial charge in [-0.15, -0.1) is 0 Å². The number of benzene rings is 1. The summed E-state index contributed by atoms with van der Waals surface area (Å²) in [6.45, 7) is 5.95. The molecule has 1 aromatic carbocycles. The number of ether oxygens (including phenoxy) is 1. The summed E-state index contributed by atoms with van der Waals surface area (Å²) < 4.78 is 5.35. The van der Waals surface area contributed by atoms with Crippen LogP contribution in [0.15, 0.2) is 24.3 Å². The van der Waals surface area contributed by atoms with Crippen molar-refractivity contribution >= 4 is 5.69 Å². The highest BCUT2D eigenvalue weighted by molar-refractivity contribution is 5.48. The van der Waals surface area contributed by atoms with Crippen LogP contribution >= 0.6 is 0 Å². The lowest BCUT2D eigenvalue weighted by Crippen LogP contribution is -2.27. The number of rotatable bonds is 6. The molecule has 0 spiro atoms. The monoisotopic (exact) mass is 287 g/mol. The van der Waals surface area contributed by atoms with Gasteiger partial charge in [0.1, 0.15) is 11.8 Å². The molecular formula is C17H25N3O. The number of anilines is 1. The van der Waals surface area contributed by atoms with Gasteiger partial charge in [-0.25, -0.2) is 0 Å². The molecule has 0 aromatic heterocycles. The van der Waals surface area contributed by atoms with Crippen LogP contribution in [0.3, 0.4) is 0 Å². The quantitative estimate of drug-likeness (QED) is 0.872. The number of hydrogen-bond acceptors (Lipinski definition) is 4. The Labute approximate surface area is 127 Å². The van der Waals surface area contributed by atoms with E-state index in [9.17, 15) is 0 Å². The van der Waals surface area contributed by atoms with E-state index < -0.39 is 0 Å². The molecule has 1 N–H and O–H groups in total. The molecule has 21 heavy (non-hydrogen) atoms. The number of likely N-dealkylation sites (tertiary alicyclic amines) is 1. The fourth-order valence-electron chi connectivity index (χ4n) is 2.87. The minimum absolute atomic E-state index is 0.0961. The molecule has 0 amide bonds. The summed E-state index contributed by atoms with van der Waals surface area (Å²) in [5, 5.41) is 12.2. The third kappa shape index (κ3) is 5.28. The Bertz CT molecular complexity index is 469. The van der Waals surface area contributed by atoms with Gasteiger partial charge in [0, 0.05) is 24.3 Å². The molecule has 0 radical (unpaired) electrons. The van der Waals surface area contributed by atoms with Crippen molar-refractivity contribution in [3.05, 3.63) is 24.3 Å². The molecule has 1 aliphatic rings. The molecule has 114 valence electrons. The molecule has 0 bridgehead atoms. The molecule has 1 heterocycles. The summed E-state index contributed by atoms with van der Waals surface area (Å²) in [5.74, 6) is 0.753. The van der Waals surface area contributed by atoms with Crippen LogP contribution in [0.5, 0.6) is 5.75 Å². The molecule has 1 saturated heterocycles. The highest BCUT2D eigenvalue weighted by atomic mass is 16.5. The largest absolute Gasteiger partial charge is 0.479 e. The lowest BCUT2D eigenvalue weighted by atomic mass is 10.1. The van der Waals surface area contributed by atoms with Crippen molar-refractivity contribution in [3.63, 3.8) is 0 Å². The Morgan fingerprint density at radius 3 is 3.10 bits per heavy atom. The maximum atomic E-state index is 8.56. The second-order valence-electron chi connectivity index (χ2n) is 5.59. The molecule has 1 unspecified atom stereocenters. The van der Waals surface area contributed by atoms with Crippen molar-refractivity contribution in [3.8, 4) is 11.8 Å². The van der Waals surface area contributed by atoms with E-state index in [2.05, 4.69) is 23.2 Å². The van der Waals surface area contributed by atoms with Gasteiger partial charge in [0.15, 0.2) is 6.61 Å². The zero-order valence-corrected chi connectivity index (χ0v) is 12.8. The van der Waals surface area contributed by atoms with E-state index in [-0.39, 0.29) is 6.61 Å². The lowest BCUT2D eigenvalue weighted by molar-refractivity contribution is 0.285.